The molecule has 1 aromatic carbocycles. The summed E-state index contributed by atoms with van der Waals surface area (Å²) in [5, 5.41) is 16.2. The van der Waals surface area contributed by atoms with E-state index < -0.39 is 0 Å². The van der Waals surface area contributed by atoms with E-state index in [1.165, 1.54) is 18.4 Å². The standard InChI is InChI=1S/C23H30ClN7.HI/c1-2-25-23(27-16-22-29-28-21-9-5-6-12-31(21)22)26-15-18-10-13-30(14-11-18)17-19-7-3-4-8-20(19)24;/h3-9,12,18H,2,10-11,13-17H2,1H3,(H2,25,26,27);1H. The highest BCUT2D eigenvalue weighted by atomic mass is 127. The molecule has 2 N–H and O–H groups in total. The number of hydrogen-bond donors (Lipinski definition) is 2. The van der Waals surface area contributed by atoms with Crippen molar-refractivity contribution in [2.75, 3.05) is 26.2 Å². The van der Waals surface area contributed by atoms with Gasteiger partial charge in [-0.05, 0) is 62.5 Å². The monoisotopic (exact) mass is 567 g/mol. The van der Waals surface area contributed by atoms with Gasteiger partial charge in [0.25, 0.3) is 0 Å². The predicted octanol–water partition coefficient (Wildman–Crippen LogP) is 3.97. The van der Waals surface area contributed by atoms with Crippen LogP contribution in [0.3, 0.4) is 0 Å². The molecule has 9 heteroatoms. The fourth-order valence-corrected chi connectivity index (χ4v) is 4.14. The number of guanidine groups is 1. The average Bonchev–Trinajstić information content (AvgIpc) is 3.21. The zero-order valence-corrected chi connectivity index (χ0v) is 21.5. The molecule has 0 spiro atoms. The zero-order chi connectivity index (χ0) is 21.5. The van der Waals surface area contributed by atoms with Crippen LogP contribution in [-0.4, -0.2) is 51.6 Å². The Hall–Kier alpha value is -1.91. The molecule has 2 aromatic heterocycles. The van der Waals surface area contributed by atoms with Gasteiger partial charge in [-0.25, -0.2) is 4.99 Å². The molecule has 32 heavy (non-hydrogen) atoms. The molecule has 0 aliphatic carbocycles. The van der Waals surface area contributed by atoms with Crippen molar-refractivity contribution in [2.24, 2.45) is 10.9 Å². The minimum Gasteiger partial charge on any atom is -0.357 e. The Labute approximate surface area is 211 Å². The number of halogens is 2. The van der Waals surface area contributed by atoms with E-state index in [2.05, 4.69) is 44.8 Å². The molecule has 1 saturated heterocycles. The van der Waals surface area contributed by atoms with Crippen molar-refractivity contribution in [1.29, 1.82) is 0 Å². The summed E-state index contributed by atoms with van der Waals surface area (Å²) in [6, 6.07) is 14.0. The smallest absolute Gasteiger partial charge is 0.191 e. The molecule has 1 aliphatic rings. The van der Waals surface area contributed by atoms with E-state index in [0.29, 0.717) is 12.5 Å². The maximum absolute atomic E-state index is 6.32. The summed E-state index contributed by atoms with van der Waals surface area (Å²) in [4.78, 5) is 7.21. The Morgan fingerprint density at radius 2 is 1.88 bits per heavy atom. The molecule has 0 atom stereocenters. The van der Waals surface area contributed by atoms with E-state index in [1.54, 1.807) is 0 Å². The van der Waals surface area contributed by atoms with Crippen molar-refractivity contribution in [2.45, 2.75) is 32.9 Å². The van der Waals surface area contributed by atoms with Crippen LogP contribution in [0.4, 0.5) is 0 Å². The SMILES string of the molecule is CCNC(=NCc1nnc2ccccn12)NCC1CCN(Cc2ccccc2Cl)CC1.I. The molecule has 3 heterocycles. The largest absolute Gasteiger partial charge is 0.357 e. The Morgan fingerprint density at radius 3 is 2.66 bits per heavy atom. The minimum atomic E-state index is 0. The lowest BCUT2D eigenvalue weighted by molar-refractivity contribution is 0.178. The maximum Gasteiger partial charge on any atom is 0.191 e. The highest BCUT2D eigenvalue weighted by Crippen LogP contribution is 2.22. The number of fused-ring (bicyclic) bond motifs is 1. The lowest BCUT2D eigenvalue weighted by atomic mass is 9.96. The molecule has 0 unspecified atom stereocenters. The van der Waals surface area contributed by atoms with Gasteiger partial charge in [0.05, 0.1) is 0 Å². The van der Waals surface area contributed by atoms with E-state index in [1.807, 2.05) is 40.9 Å². The summed E-state index contributed by atoms with van der Waals surface area (Å²) in [5.74, 6) is 2.30. The van der Waals surface area contributed by atoms with Gasteiger partial charge in [-0.2, -0.15) is 0 Å². The second-order valence-corrected chi connectivity index (χ2v) is 8.34. The molecule has 0 saturated carbocycles. The maximum atomic E-state index is 6.32. The van der Waals surface area contributed by atoms with E-state index in [0.717, 1.165) is 55.2 Å². The van der Waals surface area contributed by atoms with Gasteiger partial charge in [0.2, 0.25) is 0 Å². The van der Waals surface area contributed by atoms with Gasteiger partial charge in [0.1, 0.15) is 6.54 Å². The molecule has 3 aromatic rings. The van der Waals surface area contributed by atoms with Gasteiger partial charge in [-0.1, -0.05) is 35.9 Å². The van der Waals surface area contributed by atoms with Crippen molar-refractivity contribution in [1.82, 2.24) is 30.1 Å². The number of hydrogen-bond acceptors (Lipinski definition) is 4. The first-order chi connectivity index (χ1) is 15.2. The van der Waals surface area contributed by atoms with Gasteiger partial charge in [-0.15, -0.1) is 34.2 Å². The van der Waals surface area contributed by atoms with Gasteiger partial charge in [0, 0.05) is 30.9 Å². The Kier molecular flexibility index (Phi) is 9.55. The summed E-state index contributed by atoms with van der Waals surface area (Å²) in [5.41, 5.74) is 2.05. The number of aromatic nitrogens is 3. The van der Waals surface area contributed by atoms with Gasteiger partial charge < -0.3 is 10.6 Å². The highest BCUT2D eigenvalue weighted by Gasteiger charge is 2.20. The number of piperidine rings is 1. The lowest BCUT2D eigenvalue weighted by Gasteiger charge is -2.32. The van der Waals surface area contributed by atoms with Crippen molar-refractivity contribution < 1.29 is 0 Å². The molecule has 7 nitrogen and oxygen atoms in total. The van der Waals surface area contributed by atoms with E-state index in [4.69, 9.17) is 16.6 Å². The summed E-state index contributed by atoms with van der Waals surface area (Å²) in [7, 11) is 0. The minimum absolute atomic E-state index is 0. The van der Waals surface area contributed by atoms with Crippen molar-refractivity contribution in [3.05, 3.63) is 65.1 Å². The topological polar surface area (TPSA) is 69.8 Å². The molecular formula is C23H31ClIN7. The lowest BCUT2D eigenvalue weighted by Crippen LogP contribution is -2.42. The van der Waals surface area contributed by atoms with Gasteiger partial charge in [0.15, 0.2) is 17.4 Å². The number of rotatable bonds is 7. The van der Waals surface area contributed by atoms with Crippen molar-refractivity contribution >= 4 is 47.2 Å². The Bertz CT molecular complexity index is 1010. The quantitative estimate of drug-likeness (QED) is 0.257. The second kappa shape index (κ2) is 12.4. The normalized spacial score (nSPS) is 15.5. The van der Waals surface area contributed by atoms with Crippen molar-refractivity contribution in [3.63, 3.8) is 0 Å². The van der Waals surface area contributed by atoms with Crippen LogP contribution < -0.4 is 10.6 Å². The van der Waals surface area contributed by atoms with Crippen LogP contribution in [0.5, 0.6) is 0 Å². The number of likely N-dealkylation sites (tertiary alicyclic amines) is 1. The second-order valence-electron chi connectivity index (χ2n) is 7.93. The summed E-state index contributed by atoms with van der Waals surface area (Å²) < 4.78 is 1.97. The average molecular weight is 568 g/mol. The van der Waals surface area contributed by atoms with Crippen LogP contribution >= 0.6 is 35.6 Å². The summed E-state index contributed by atoms with van der Waals surface area (Å²) in [6.07, 6.45) is 4.31. The van der Waals surface area contributed by atoms with E-state index in [-0.39, 0.29) is 24.0 Å². The van der Waals surface area contributed by atoms with Crippen LogP contribution in [0.25, 0.3) is 5.65 Å². The molecule has 1 fully saturated rings. The van der Waals surface area contributed by atoms with Gasteiger partial charge in [-0.3, -0.25) is 9.30 Å². The molecular weight excluding hydrogens is 537 g/mol. The van der Waals surface area contributed by atoms with Crippen LogP contribution in [0.2, 0.25) is 5.02 Å². The summed E-state index contributed by atoms with van der Waals surface area (Å²) in [6.45, 7) is 7.42. The first-order valence-corrected chi connectivity index (χ1v) is 11.4. The first kappa shape index (κ1) is 24.7. The highest BCUT2D eigenvalue weighted by molar-refractivity contribution is 14.0. The van der Waals surface area contributed by atoms with Gasteiger partial charge >= 0.3 is 0 Å². The molecule has 0 amide bonds. The fraction of sp³-hybridized carbons (Fsp3) is 0.435. The first-order valence-electron chi connectivity index (χ1n) is 11.0. The number of nitrogens with one attached hydrogen (secondary N) is 2. The third-order valence-corrected chi connectivity index (χ3v) is 6.09. The third-order valence-electron chi connectivity index (χ3n) is 5.72. The molecule has 0 radical (unpaired) electrons. The van der Waals surface area contributed by atoms with Crippen LogP contribution in [0, 0.1) is 5.92 Å². The van der Waals surface area contributed by atoms with Crippen LogP contribution in [0.1, 0.15) is 31.2 Å². The molecule has 1 aliphatic heterocycles. The Morgan fingerprint density at radius 1 is 1.09 bits per heavy atom. The van der Waals surface area contributed by atoms with E-state index in [9.17, 15) is 0 Å². The number of benzene rings is 1. The molecule has 172 valence electrons. The predicted molar refractivity (Wildman–Crippen MR) is 141 cm³/mol. The fourth-order valence-electron chi connectivity index (χ4n) is 3.95. The number of nitrogens with zero attached hydrogens (tertiary/aromatic N) is 5. The third kappa shape index (κ3) is 6.55. The van der Waals surface area contributed by atoms with E-state index >= 15 is 0 Å². The van der Waals surface area contributed by atoms with Crippen LogP contribution in [-0.2, 0) is 13.1 Å². The number of aliphatic imine (C=N–C) groups is 1. The Balaban J connectivity index is 0.00000289. The summed E-state index contributed by atoms with van der Waals surface area (Å²) >= 11 is 6.32. The zero-order valence-electron chi connectivity index (χ0n) is 18.4. The number of pyridine rings is 1. The molecule has 0 bridgehead atoms. The van der Waals surface area contributed by atoms with Crippen molar-refractivity contribution in [3.8, 4) is 0 Å². The van der Waals surface area contributed by atoms with Crippen LogP contribution in [0.15, 0.2) is 53.7 Å². The molecule has 4 rings (SSSR count).